The molecule has 0 unspecified atom stereocenters. The molecule has 0 heterocycles. The van der Waals surface area contributed by atoms with Crippen molar-refractivity contribution in [2.24, 2.45) is 0 Å². The average molecular weight is 676 g/mol. The van der Waals surface area contributed by atoms with Crippen molar-refractivity contribution in [1.82, 2.24) is 0 Å². The van der Waals surface area contributed by atoms with E-state index in [0.717, 1.165) is 17.1 Å². The molecule has 250 valence electrons. The molecule has 0 spiro atoms. The molecule has 0 atom stereocenters. The first-order valence-corrected chi connectivity index (χ1v) is 18.2. The zero-order valence-electron chi connectivity index (χ0n) is 29.3. The molecule has 0 fully saturated rings. The fourth-order valence-corrected chi connectivity index (χ4v) is 7.44. The number of anilines is 3. The molecule has 0 N–H and O–H groups in total. The van der Waals surface area contributed by atoms with E-state index in [1.807, 2.05) is 0 Å². The highest BCUT2D eigenvalue weighted by atomic mass is 15.1. The van der Waals surface area contributed by atoms with Gasteiger partial charge in [0.2, 0.25) is 0 Å². The van der Waals surface area contributed by atoms with Crippen LogP contribution in [0, 0.1) is 0 Å². The zero-order valence-corrected chi connectivity index (χ0v) is 29.3. The highest BCUT2D eigenvalue weighted by molar-refractivity contribution is 5.97. The Morgan fingerprint density at radius 2 is 0.717 bits per heavy atom. The van der Waals surface area contributed by atoms with Gasteiger partial charge in [0.1, 0.15) is 0 Å². The predicted molar refractivity (Wildman–Crippen MR) is 226 cm³/mol. The summed E-state index contributed by atoms with van der Waals surface area (Å²) >= 11 is 0. The van der Waals surface area contributed by atoms with Gasteiger partial charge in [0.05, 0.1) is 5.69 Å². The van der Waals surface area contributed by atoms with E-state index >= 15 is 0 Å². The second-order valence-electron chi connectivity index (χ2n) is 13.4. The van der Waals surface area contributed by atoms with E-state index in [0.29, 0.717) is 0 Å². The lowest BCUT2D eigenvalue weighted by molar-refractivity contribution is 1.28. The van der Waals surface area contributed by atoms with Crippen molar-refractivity contribution in [1.29, 1.82) is 0 Å². The Morgan fingerprint density at radius 1 is 0.245 bits per heavy atom. The molecule has 0 saturated heterocycles. The van der Waals surface area contributed by atoms with Crippen LogP contribution in [0.15, 0.2) is 224 Å². The van der Waals surface area contributed by atoms with E-state index in [-0.39, 0.29) is 0 Å². The van der Waals surface area contributed by atoms with Crippen LogP contribution in [0.1, 0.15) is 0 Å². The minimum Gasteiger partial charge on any atom is -0.310 e. The van der Waals surface area contributed by atoms with Crippen molar-refractivity contribution < 1.29 is 0 Å². The third kappa shape index (κ3) is 6.53. The standard InChI is InChI=1S/C52H37N/c1-3-15-38(16-4-1)42-21-11-22-43(35-42)39-31-33-47(34-32-39)53(52-30-10-9-28-51(52)41-17-5-2-6-18-41)48-26-13-24-45(37-48)44-23-12-25-46(36-44)50-29-14-20-40-19-7-8-27-49(40)50/h1-37H. The number of para-hydroxylation sites is 1. The third-order valence-electron chi connectivity index (χ3n) is 10.1. The van der Waals surface area contributed by atoms with Gasteiger partial charge in [-0.3, -0.25) is 0 Å². The first-order chi connectivity index (χ1) is 26.3. The maximum Gasteiger partial charge on any atom is 0.0540 e. The number of nitrogens with zero attached hydrogens (tertiary/aromatic N) is 1. The lowest BCUT2D eigenvalue weighted by Gasteiger charge is -2.28. The summed E-state index contributed by atoms with van der Waals surface area (Å²) in [5.41, 5.74) is 15.3. The molecule has 0 bridgehead atoms. The predicted octanol–water partition coefficient (Wildman–Crippen LogP) is 14.6. The number of hydrogen-bond acceptors (Lipinski definition) is 1. The molecule has 0 aliphatic rings. The zero-order chi connectivity index (χ0) is 35.4. The Balaban J connectivity index is 1.14. The lowest BCUT2D eigenvalue weighted by atomic mass is 9.95. The van der Waals surface area contributed by atoms with Crippen LogP contribution in [0.2, 0.25) is 0 Å². The molecule has 0 aromatic heterocycles. The molecule has 1 nitrogen and oxygen atoms in total. The number of rotatable bonds is 8. The summed E-state index contributed by atoms with van der Waals surface area (Å²) in [7, 11) is 0. The summed E-state index contributed by atoms with van der Waals surface area (Å²) in [5, 5.41) is 2.51. The van der Waals surface area contributed by atoms with Crippen molar-refractivity contribution in [2.75, 3.05) is 4.90 Å². The first kappa shape index (κ1) is 32.0. The normalized spacial score (nSPS) is 11.0. The molecule has 0 amide bonds. The summed E-state index contributed by atoms with van der Waals surface area (Å²) in [4.78, 5) is 2.39. The SMILES string of the molecule is c1ccc(-c2cccc(-c3ccc(N(c4cccc(-c5cccc(-c6cccc7ccccc67)c5)c4)c4ccccc4-c4ccccc4)cc3)c2)cc1. The van der Waals surface area contributed by atoms with Gasteiger partial charge < -0.3 is 4.90 Å². The molecular weight excluding hydrogens is 639 g/mol. The summed E-state index contributed by atoms with van der Waals surface area (Å²) in [5.74, 6) is 0. The van der Waals surface area contributed by atoms with Crippen LogP contribution in [0.3, 0.4) is 0 Å². The second kappa shape index (κ2) is 14.3. The van der Waals surface area contributed by atoms with Crippen LogP contribution in [-0.2, 0) is 0 Å². The molecule has 0 saturated carbocycles. The molecule has 0 aliphatic carbocycles. The summed E-state index contributed by atoms with van der Waals surface area (Å²) in [6.45, 7) is 0. The van der Waals surface area contributed by atoms with Crippen LogP contribution in [0.25, 0.3) is 66.4 Å². The summed E-state index contributed by atoms with van der Waals surface area (Å²) < 4.78 is 0. The molecule has 0 radical (unpaired) electrons. The van der Waals surface area contributed by atoms with Gasteiger partial charge in [-0.25, -0.2) is 0 Å². The van der Waals surface area contributed by atoms with Gasteiger partial charge in [0.25, 0.3) is 0 Å². The smallest absolute Gasteiger partial charge is 0.0540 e. The quantitative estimate of drug-likeness (QED) is 0.155. The highest BCUT2D eigenvalue weighted by Gasteiger charge is 2.18. The lowest BCUT2D eigenvalue weighted by Crippen LogP contribution is -2.11. The number of fused-ring (bicyclic) bond motifs is 1. The summed E-state index contributed by atoms with van der Waals surface area (Å²) in [6, 6.07) is 80.8. The van der Waals surface area contributed by atoms with Crippen LogP contribution >= 0.6 is 0 Å². The largest absolute Gasteiger partial charge is 0.310 e. The third-order valence-corrected chi connectivity index (χ3v) is 10.1. The van der Waals surface area contributed by atoms with E-state index in [1.54, 1.807) is 0 Å². The van der Waals surface area contributed by atoms with Crippen molar-refractivity contribution in [3.05, 3.63) is 224 Å². The Hall–Kier alpha value is -6.96. The average Bonchev–Trinajstić information content (AvgIpc) is 3.25. The van der Waals surface area contributed by atoms with Crippen LogP contribution in [0.4, 0.5) is 17.1 Å². The Morgan fingerprint density at radius 3 is 1.47 bits per heavy atom. The van der Waals surface area contributed by atoms with Gasteiger partial charge in [-0.1, -0.05) is 182 Å². The van der Waals surface area contributed by atoms with E-state index in [4.69, 9.17) is 0 Å². The van der Waals surface area contributed by atoms with Gasteiger partial charge in [0, 0.05) is 16.9 Å². The van der Waals surface area contributed by atoms with Crippen molar-refractivity contribution in [3.63, 3.8) is 0 Å². The second-order valence-corrected chi connectivity index (χ2v) is 13.4. The van der Waals surface area contributed by atoms with Crippen molar-refractivity contribution in [3.8, 4) is 55.6 Å². The van der Waals surface area contributed by atoms with Crippen LogP contribution in [-0.4, -0.2) is 0 Å². The molecule has 9 aromatic carbocycles. The van der Waals surface area contributed by atoms with E-state index < -0.39 is 0 Å². The minimum atomic E-state index is 1.10. The fourth-order valence-electron chi connectivity index (χ4n) is 7.44. The first-order valence-electron chi connectivity index (χ1n) is 18.2. The number of benzene rings is 9. The highest BCUT2D eigenvalue weighted by Crippen LogP contribution is 2.43. The van der Waals surface area contributed by atoms with Crippen LogP contribution in [0.5, 0.6) is 0 Å². The van der Waals surface area contributed by atoms with Gasteiger partial charge in [0.15, 0.2) is 0 Å². The van der Waals surface area contributed by atoms with Gasteiger partial charge in [-0.05, 0) is 103 Å². The molecule has 53 heavy (non-hydrogen) atoms. The summed E-state index contributed by atoms with van der Waals surface area (Å²) in [6.07, 6.45) is 0. The van der Waals surface area contributed by atoms with Crippen molar-refractivity contribution in [2.45, 2.75) is 0 Å². The fraction of sp³-hybridized carbons (Fsp3) is 0. The molecule has 9 aromatic rings. The van der Waals surface area contributed by atoms with Gasteiger partial charge >= 0.3 is 0 Å². The number of hydrogen-bond donors (Lipinski definition) is 0. The Labute approximate surface area is 311 Å². The Bertz CT molecular complexity index is 2650. The molecular formula is C52H37N. The van der Waals surface area contributed by atoms with Crippen LogP contribution < -0.4 is 4.90 Å². The minimum absolute atomic E-state index is 1.10. The van der Waals surface area contributed by atoms with E-state index in [9.17, 15) is 0 Å². The molecule has 9 rings (SSSR count). The molecule has 0 aliphatic heterocycles. The monoisotopic (exact) mass is 675 g/mol. The van der Waals surface area contributed by atoms with E-state index in [2.05, 4.69) is 229 Å². The Kier molecular flexibility index (Phi) is 8.66. The van der Waals surface area contributed by atoms with E-state index in [1.165, 1.54) is 66.4 Å². The van der Waals surface area contributed by atoms with Crippen molar-refractivity contribution >= 4 is 27.8 Å². The molecule has 1 heteroatoms. The maximum atomic E-state index is 2.39. The van der Waals surface area contributed by atoms with Gasteiger partial charge in [-0.2, -0.15) is 0 Å². The topological polar surface area (TPSA) is 3.24 Å². The van der Waals surface area contributed by atoms with Gasteiger partial charge in [-0.15, -0.1) is 0 Å². The maximum absolute atomic E-state index is 2.39.